The number of amides is 1. The van der Waals surface area contributed by atoms with Crippen molar-refractivity contribution in [2.24, 2.45) is 0 Å². The van der Waals surface area contributed by atoms with Gasteiger partial charge in [0.25, 0.3) is 5.91 Å². The van der Waals surface area contributed by atoms with Crippen molar-refractivity contribution >= 4 is 5.91 Å². The third-order valence-electron chi connectivity index (χ3n) is 2.98. The number of carbonyl (C=O) groups excluding carboxylic acids is 1. The lowest BCUT2D eigenvalue weighted by molar-refractivity contribution is -0.127. The molecule has 1 aromatic rings. The second-order valence-electron chi connectivity index (χ2n) is 4.62. The Bertz CT molecular complexity index is 451. The zero-order valence-electron chi connectivity index (χ0n) is 12.5. The molecule has 0 aliphatic heterocycles. The van der Waals surface area contributed by atoms with Crippen LogP contribution in [0.1, 0.15) is 39.3 Å². The van der Waals surface area contributed by atoms with Gasteiger partial charge in [0.05, 0.1) is 0 Å². The van der Waals surface area contributed by atoms with Crippen molar-refractivity contribution in [1.82, 2.24) is 10.6 Å². The van der Waals surface area contributed by atoms with E-state index in [1.165, 1.54) is 12.1 Å². The van der Waals surface area contributed by atoms with Crippen molar-refractivity contribution in [1.29, 1.82) is 0 Å². The molecule has 4 nitrogen and oxygen atoms in total. The molecule has 0 fully saturated rings. The third kappa shape index (κ3) is 4.49. The predicted molar refractivity (Wildman–Crippen MR) is 77.3 cm³/mol. The number of carbonyl (C=O) groups is 1. The molecule has 0 saturated heterocycles. The van der Waals surface area contributed by atoms with Crippen LogP contribution in [0, 0.1) is 5.82 Å². The summed E-state index contributed by atoms with van der Waals surface area (Å²) in [7, 11) is 0. The average Bonchev–Trinajstić information content (AvgIpc) is 2.39. The summed E-state index contributed by atoms with van der Waals surface area (Å²) in [6.45, 7) is 8.79. The zero-order chi connectivity index (χ0) is 15.1. The molecule has 1 aromatic carbocycles. The Balaban J connectivity index is 2.92. The van der Waals surface area contributed by atoms with Crippen LogP contribution in [0.3, 0.4) is 0 Å². The summed E-state index contributed by atoms with van der Waals surface area (Å²) in [6, 6.07) is 4.42. The molecular formula is C15H23FN2O2. The van der Waals surface area contributed by atoms with Crippen LogP contribution in [0.4, 0.5) is 4.39 Å². The third-order valence-corrected chi connectivity index (χ3v) is 2.98. The number of rotatable bonds is 7. The molecular weight excluding hydrogens is 259 g/mol. The van der Waals surface area contributed by atoms with Crippen molar-refractivity contribution in [2.45, 2.75) is 39.8 Å². The van der Waals surface area contributed by atoms with Crippen LogP contribution in [-0.2, 0) is 4.79 Å². The van der Waals surface area contributed by atoms with Crippen molar-refractivity contribution < 1.29 is 13.9 Å². The van der Waals surface area contributed by atoms with Crippen molar-refractivity contribution in [3.63, 3.8) is 0 Å². The summed E-state index contributed by atoms with van der Waals surface area (Å²) >= 11 is 0. The fraction of sp³-hybridized carbons (Fsp3) is 0.533. The van der Waals surface area contributed by atoms with Crippen molar-refractivity contribution in [3.05, 3.63) is 29.6 Å². The van der Waals surface area contributed by atoms with Crippen molar-refractivity contribution in [3.8, 4) is 5.75 Å². The zero-order valence-corrected chi connectivity index (χ0v) is 12.5. The number of benzene rings is 1. The largest absolute Gasteiger partial charge is 0.480 e. The molecule has 20 heavy (non-hydrogen) atoms. The molecule has 0 aromatic heterocycles. The van der Waals surface area contributed by atoms with Gasteiger partial charge >= 0.3 is 0 Å². The van der Waals surface area contributed by atoms with Gasteiger partial charge in [0.1, 0.15) is 11.6 Å². The Morgan fingerprint density at radius 3 is 2.60 bits per heavy atom. The lowest BCUT2D eigenvalue weighted by atomic mass is 10.1. The first-order valence-corrected chi connectivity index (χ1v) is 6.96. The molecule has 2 unspecified atom stereocenters. The molecule has 2 N–H and O–H groups in total. The predicted octanol–water partition coefficient (Wildman–Crippen LogP) is 2.40. The van der Waals surface area contributed by atoms with Gasteiger partial charge in [0.2, 0.25) is 0 Å². The molecule has 0 aliphatic rings. The van der Waals surface area contributed by atoms with Gasteiger partial charge in [-0.05, 0) is 33.4 Å². The van der Waals surface area contributed by atoms with E-state index in [9.17, 15) is 9.18 Å². The Kier molecular flexibility index (Phi) is 6.45. The topological polar surface area (TPSA) is 50.4 Å². The minimum atomic E-state index is -0.663. The van der Waals surface area contributed by atoms with E-state index in [-0.39, 0.29) is 17.8 Å². The molecule has 1 rings (SSSR count). The molecule has 5 heteroatoms. The van der Waals surface area contributed by atoms with Gasteiger partial charge in [0, 0.05) is 24.2 Å². The Hall–Kier alpha value is -1.62. The van der Waals surface area contributed by atoms with Gasteiger partial charge in [-0.15, -0.1) is 0 Å². The van der Waals surface area contributed by atoms with Crippen LogP contribution in [0.5, 0.6) is 5.75 Å². The van der Waals surface area contributed by atoms with Gasteiger partial charge in [0.15, 0.2) is 6.10 Å². The van der Waals surface area contributed by atoms with E-state index in [0.29, 0.717) is 12.3 Å². The van der Waals surface area contributed by atoms with Gasteiger partial charge in [-0.25, -0.2) is 4.39 Å². The maximum atomic E-state index is 13.4. The van der Waals surface area contributed by atoms with E-state index in [4.69, 9.17) is 4.74 Å². The SMILES string of the molecule is CCNC(=O)C(C)Oc1cc(F)ccc1C(C)NCC. The summed E-state index contributed by atoms with van der Waals surface area (Å²) in [5, 5.41) is 5.93. The van der Waals surface area contributed by atoms with E-state index in [1.807, 2.05) is 20.8 Å². The second kappa shape index (κ2) is 7.85. The standard InChI is InChI=1S/C15H23FN2O2/c1-5-17-10(3)13-8-7-12(16)9-14(13)20-11(4)15(19)18-6-2/h7-11,17H,5-6H2,1-4H3,(H,18,19). The number of likely N-dealkylation sites (N-methyl/N-ethyl adjacent to an activating group) is 1. The van der Waals surface area contributed by atoms with Crippen LogP contribution >= 0.6 is 0 Å². The molecule has 0 aliphatic carbocycles. The lowest BCUT2D eigenvalue weighted by Gasteiger charge is -2.20. The van der Waals surface area contributed by atoms with Crippen LogP contribution < -0.4 is 15.4 Å². The summed E-state index contributed by atoms with van der Waals surface area (Å²) in [5.41, 5.74) is 0.837. The van der Waals surface area contributed by atoms with Gasteiger partial charge < -0.3 is 15.4 Å². The number of halogens is 1. The molecule has 0 radical (unpaired) electrons. The monoisotopic (exact) mass is 282 g/mol. The minimum absolute atomic E-state index is 0.0250. The molecule has 0 bridgehead atoms. The van der Waals surface area contributed by atoms with Gasteiger partial charge in [-0.2, -0.15) is 0 Å². The Morgan fingerprint density at radius 1 is 1.30 bits per heavy atom. The van der Waals surface area contributed by atoms with Gasteiger partial charge in [-0.1, -0.05) is 13.0 Å². The van der Waals surface area contributed by atoms with E-state index < -0.39 is 6.10 Å². The van der Waals surface area contributed by atoms with Crippen LogP contribution in [0.25, 0.3) is 0 Å². The van der Waals surface area contributed by atoms with E-state index in [2.05, 4.69) is 10.6 Å². The first-order chi connectivity index (χ1) is 9.49. The molecule has 0 heterocycles. The highest BCUT2D eigenvalue weighted by molar-refractivity contribution is 5.80. The summed E-state index contributed by atoms with van der Waals surface area (Å²) in [4.78, 5) is 11.7. The summed E-state index contributed by atoms with van der Waals surface area (Å²) in [6.07, 6.45) is -0.663. The molecule has 0 saturated carbocycles. The quantitative estimate of drug-likeness (QED) is 0.807. The number of hydrogen-bond donors (Lipinski definition) is 2. The van der Waals surface area contributed by atoms with Crippen LogP contribution in [0.15, 0.2) is 18.2 Å². The average molecular weight is 282 g/mol. The normalized spacial score (nSPS) is 13.7. The first-order valence-electron chi connectivity index (χ1n) is 6.96. The van der Waals surface area contributed by atoms with Crippen LogP contribution in [-0.4, -0.2) is 25.1 Å². The fourth-order valence-electron chi connectivity index (χ4n) is 1.95. The van der Waals surface area contributed by atoms with E-state index in [1.54, 1.807) is 13.0 Å². The number of nitrogens with one attached hydrogen (secondary N) is 2. The smallest absolute Gasteiger partial charge is 0.260 e. The van der Waals surface area contributed by atoms with E-state index in [0.717, 1.165) is 12.1 Å². The molecule has 2 atom stereocenters. The maximum absolute atomic E-state index is 13.4. The summed E-state index contributed by atoms with van der Waals surface area (Å²) in [5.74, 6) is -0.188. The molecule has 1 amide bonds. The Labute approximate surface area is 119 Å². The molecule has 0 spiro atoms. The Morgan fingerprint density at radius 2 is 2.00 bits per heavy atom. The summed E-state index contributed by atoms with van der Waals surface area (Å²) < 4.78 is 19.0. The number of hydrogen-bond acceptors (Lipinski definition) is 3. The van der Waals surface area contributed by atoms with Crippen molar-refractivity contribution in [2.75, 3.05) is 13.1 Å². The minimum Gasteiger partial charge on any atom is -0.480 e. The highest BCUT2D eigenvalue weighted by Crippen LogP contribution is 2.27. The highest BCUT2D eigenvalue weighted by atomic mass is 19.1. The molecule has 112 valence electrons. The highest BCUT2D eigenvalue weighted by Gasteiger charge is 2.18. The van der Waals surface area contributed by atoms with Crippen LogP contribution in [0.2, 0.25) is 0 Å². The maximum Gasteiger partial charge on any atom is 0.260 e. The lowest BCUT2D eigenvalue weighted by Crippen LogP contribution is -2.36. The van der Waals surface area contributed by atoms with E-state index >= 15 is 0 Å². The fourth-order valence-corrected chi connectivity index (χ4v) is 1.95. The van der Waals surface area contributed by atoms with Gasteiger partial charge in [-0.3, -0.25) is 4.79 Å². The number of ether oxygens (including phenoxy) is 1. The second-order valence-corrected chi connectivity index (χ2v) is 4.62. The first kappa shape index (κ1) is 16.4.